The van der Waals surface area contributed by atoms with Gasteiger partial charge in [0.05, 0.1) is 4.92 Å². The summed E-state index contributed by atoms with van der Waals surface area (Å²) in [6.07, 6.45) is -0.137. The van der Waals surface area contributed by atoms with E-state index < -0.39 is 17.1 Å². The van der Waals surface area contributed by atoms with Gasteiger partial charge in [-0.05, 0) is 12.1 Å². The number of nitrogens with zero attached hydrogens (tertiary/aromatic N) is 1. The molecular weight excluding hydrogens is 212 g/mol. The molecule has 0 radical (unpaired) electrons. The Hall–Kier alpha value is -2.37. The molecule has 1 aromatic rings. The number of hydrogen-bond donors (Lipinski definition) is 1. The minimum Gasteiger partial charge on any atom is -0.426 e. The highest BCUT2D eigenvalue weighted by atomic mass is 16.7. The molecule has 1 atom stereocenters. The lowest BCUT2D eigenvalue weighted by molar-refractivity contribution is -0.550. The van der Waals surface area contributed by atoms with Gasteiger partial charge in [0.15, 0.2) is 0 Å². The number of hydrogen-bond acceptors (Lipinski definition) is 4. The molecule has 1 aliphatic rings. The van der Waals surface area contributed by atoms with Gasteiger partial charge in [-0.2, -0.15) is 0 Å². The smallest absolute Gasteiger partial charge is 0.386 e. The fraction of sp³-hybridized carbons (Fsp3) is 0.100. The Kier molecular flexibility index (Phi) is 2.32. The summed E-state index contributed by atoms with van der Waals surface area (Å²) in [5, 5.41) is 10.7. The monoisotopic (exact) mass is 220 g/mol. The molecule has 0 aliphatic carbocycles. The average molecular weight is 220 g/mol. The minimum absolute atomic E-state index is 0.149. The van der Waals surface area contributed by atoms with E-state index in [1.165, 1.54) is 6.08 Å². The van der Waals surface area contributed by atoms with Crippen LogP contribution in [0.4, 0.5) is 0 Å². The zero-order chi connectivity index (χ0) is 11.7. The van der Waals surface area contributed by atoms with Crippen LogP contribution in [-0.2, 0) is 4.79 Å². The van der Waals surface area contributed by atoms with E-state index in [1.807, 2.05) is 0 Å². The van der Waals surface area contributed by atoms with Gasteiger partial charge in [0.1, 0.15) is 11.3 Å². The summed E-state index contributed by atoms with van der Waals surface area (Å²) in [4.78, 5) is 21.1. The Balaban J connectivity index is 2.51. The van der Waals surface area contributed by atoms with Gasteiger partial charge in [0.25, 0.3) is 5.91 Å². The molecule has 2 rings (SSSR count). The predicted octanol–water partition coefficient (Wildman–Crippen LogP) is 0.551. The minimum atomic E-state index is -1.52. The van der Waals surface area contributed by atoms with Crippen LogP contribution in [0.25, 0.3) is 6.08 Å². The molecule has 1 aliphatic heterocycles. The summed E-state index contributed by atoms with van der Waals surface area (Å²) in [6, 6.07) is 6.72. The Morgan fingerprint density at radius 2 is 2.12 bits per heavy atom. The fourth-order valence-electron chi connectivity index (χ4n) is 1.48. The lowest BCUT2D eigenvalue weighted by Gasteiger charge is -2.19. The number of fused-ring (bicyclic) bond motifs is 1. The predicted molar refractivity (Wildman–Crippen MR) is 55.0 cm³/mol. The van der Waals surface area contributed by atoms with Gasteiger partial charge >= 0.3 is 6.23 Å². The van der Waals surface area contributed by atoms with Crippen LogP contribution >= 0.6 is 0 Å². The zero-order valence-corrected chi connectivity index (χ0v) is 8.12. The van der Waals surface area contributed by atoms with Crippen LogP contribution in [0.15, 0.2) is 29.8 Å². The maximum absolute atomic E-state index is 11.0. The lowest BCUT2D eigenvalue weighted by Crippen LogP contribution is -2.36. The van der Waals surface area contributed by atoms with Crippen molar-refractivity contribution in [2.45, 2.75) is 6.23 Å². The zero-order valence-electron chi connectivity index (χ0n) is 8.12. The number of amides is 1. The van der Waals surface area contributed by atoms with Crippen molar-refractivity contribution in [1.29, 1.82) is 0 Å². The highest BCUT2D eigenvalue weighted by molar-refractivity contribution is 5.98. The maximum atomic E-state index is 11.0. The van der Waals surface area contributed by atoms with E-state index in [-0.39, 0.29) is 5.57 Å². The van der Waals surface area contributed by atoms with Crippen LogP contribution < -0.4 is 10.5 Å². The number of carbonyl (C=O) groups excluding carboxylic acids is 1. The first-order valence-corrected chi connectivity index (χ1v) is 4.50. The van der Waals surface area contributed by atoms with Crippen molar-refractivity contribution in [2.75, 3.05) is 0 Å². The Morgan fingerprint density at radius 1 is 1.44 bits per heavy atom. The van der Waals surface area contributed by atoms with E-state index >= 15 is 0 Å². The third-order valence-electron chi connectivity index (χ3n) is 2.21. The molecule has 0 bridgehead atoms. The van der Waals surface area contributed by atoms with E-state index in [4.69, 9.17) is 10.5 Å². The van der Waals surface area contributed by atoms with Gasteiger partial charge in [0, 0.05) is 5.56 Å². The van der Waals surface area contributed by atoms with Crippen molar-refractivity contribution < 1.29 is 14.5 Å². The summed E-state index contributed by atoms with van der Waals surface area (Å²) in [5.41, 5.74) is 5.52. The highest BCUT2D eigenvalue weighted by Crippen LogP contribution is 2.29. The maximum Gasteiger partial charge on any atom is 0.386 e. The summed E-state index contributed by atoms with van der Waals surface area (Å²) >= 11 is 0. The van der Waals surface area contributed by atoms with E-state index in [2.05, 4.69) is 0 Å². The first-order valence-electron chi connectivity index (χ1n) is 4.50. The second-order valence-electron chi connectivity index (χ2n) is 3.26. The number of nitro groups is 1. The molecule has 0 saturated carbocycles. The average Bonchev–Trinajstić information content (AvgIpc) is 2.27. The molecule has 1 aromatic carbocycles. The Morgan fingerprint density at radius 3 is 2.75 bits per heavy atom. The molecule has 1 amide bonds. The van der Waals surface area contributed by atoms with Gasteiger partial charge in [0.2, 0.25) is 0 Å². The molecule has 6 nitrogen and oxygen atoms in total. The van der Waals surface area contributed by atoms with Crippen molar-refractivity contribution in [3.63, 3.8) is 0 Å². The molecule has 0 saturated heterocycles. The number of nitrogens with two attached hydrogens (primary N) is 1. The van der Waals surface area contributed by atoms with Gasteiger partial charge in [-0.3, -0.25) is 14.9 Å². The van der Waals surface area contributed by atoms with Crippen LogP contribution in [0.5, 0.6) is 5.75 Å². The van der Waals surface area contributed by atoms with Crippen molar-refractivity contribution in [1.82, 2.24) is 0 Å². The van der Waals surface area contributed by atoms with Crippen LogP contribution in [0, 0.1) is 10.1 Å². The second-order valence-corrected chi connectivity index (χ2v) is 3.26. The summed E-state index contributed by atoms with van der Waals surface area (Å²) in [6.45, 7) is 0. The van der Waals surface area contributed by atoms with E-state index in [0.717, 1.165) is 0 Å². The lowest BCUT2D eigenvalue weighted by atomic mass is 10.1. The van der Waals surface area contributed by atoms with Crippen LogP contribution in [0.3, 0.4) is 0 Å². The van der Waals surface area contributed by atoms with Gasteiger partial charge in [-0.1, -0.05) is 18.2 Å². The number of benzene rings is 1. The number of rotatable bonds is 2. The molecule has 0 spiro atoms. The molecular formula is C10H8N2O4. The third-order valence-corrected chi connectivity index (χ3v) is 2.21. The number of ether oxygens (including phenoxy) is 1. The fourth-order valence-corrected chi connectivity index (χ4v) is 1.48. The highest BCUT2D eigenvalue weighted by Gasteiger charge is 2.35. The van der Waals surface area contributed by atoms with E-state index in [0.29, 0.717) is 11.3 Å². The van der Waals surface area contributed by atoms with Crippen LogP contribution in [0.2, 0.25) is 0 Å². The molecule has 1 unspecified atom stereocenters. The molecule has 1 heterocycles. The summed E-state index contributed by atoms with van der Waals surface area (Å²) in [7, 11) is 0. The first-order chi connectivity index (χ1) is 7.59. The molecule has 0 aromatic heterocycles. The number of para-hydroxylation sites is 1. The number of carbonyl (C=O) groups is 1. The normalized spacial score (nSPS) is 18.0. The van der Waals surface area contributed by atoms with Crippen molar-refractivity contribution in [3.8, 4) is 5.75 Å². The second kappa shape index (κ2) is 3.65. The Labute approximate surface area is 90.5 Å². The van der Waals surface area contributed by atoms with Gasteiger partial charge < -0.3 is 10.5 Å². The quantitative estimate of drug-likeness (QED) is 0.581. The van der Waals surface area contributed by atoms with Crippen LogP contribution in [0.1, 0.15) is 5.56 Å². The van der Waals surface area contributed by atoms with E-state index in [9.17, 15) is 14.9 Å². The largest absolute Gasteiger partial charge is 0.426 e. The van der Waals surface area contributed by atoms with Gasteiger partial charge in [-0.25, -0.2) is 0 Å². The van der Waals surface area contributed by atoms with Crippen molar-refractivity contribution in [3.05, 3.63) is 45.5 Å². The topological polar surface area (TPSA) is 95.5 Å². The summed E-state index contributed by atoms with van der Waals surface area (Å²) < 4.78 is 5.10. The van der Waals surface area contributed by atoms with Gasteiger partial charge in [-0.15, -0.1) is 0 Å². The molecule has 2 N–H and O–H groups in total. The molecule has 6 heteroatoms. The van der Waals surface area contributed by atoms with Crippen LogP contribution in [-0.4, -0.2) is 17.1 Å². The first kappa shape index (κ1) is 10.2. The SMILES string of the molecule is NC(=O)C1=Cc2ccccc2OC1[N+](=O)[O-]. The van der Waals surface area contributed by atoms with Crippen molar-refractivity contribution >= 4 is 12.0 Å². The van der Waals surface area contributed by atoms with Crippen molar-refractivity contribution in [2.24, 2.45) is 5.73 Å². The summed E-state index contributed by atoms with van der Waals surface area (Å²) in [5.74, 6) is -0.481. The number of primary amides is 1. The molecule has 0 fully saturated rings. The standard InChI is InChI=1S/C10H8N2O4/c11-9(13)7-5-6-3-1-2-4-8(6)16-10(7)12(14)15/h1-5,10H,(H2,11,13). The Bertz CT molecular complexity index is 495. The third kappa shape index (κ3) is 1.60. The molecule has 82 valence electrons. The molecule has 16 heavy (non-hydrogen) atoms. The van der Waals surface area contributed by atoms with E-state index in [1.54, 1.807) is 24.3 Å².